The topological polar surface area (TPSA) is 75.6 Å². The third kappa shape index (κ3) is 6.59. The van der Waals surface area contributed by atoms with Crippen molar-refractivity contribution in [3.05, 3.63) is 41.3 Å². The molecule has 6 heteroatoms. The molecule has 1 aliphatic carbocycles. The number of nitrogens with one attached hydrogen (secondary N) is 1. The molecule has 5 nitrogen and oxygen atoms in total. The molecule has 1 amide bonds. The van der Waals surface area contributed by atoms with Crippen molar-refractivity contribution in [2.75, 3.05) is 7.11 Å². The average molecular weight is 472 g/mol. The van der Waals surface area contributed by atoms with E-state index < -0.39 is 5.97 Å². The largest absolute Gasteiger partial charge is 0.497 e. The highest BCUT2D eigenvalue weighted by molar-refractivity contribution is 7.17. The maximum atomic E-state index is 13.3. The molecule has 0 spiro atoms. The van der Waals surface area contributed by atoms with Gasteiger partial charge in [0.05, 0.1) is 12.7 Å². The van der Waals surface area contributed by atoms with E-state index in [-0.39, 0.29) is 23.8 Å². The standard InChI is InChI=1S/C27H37NO4S/c1-27(2,3)22-11-9-12-23(19(22)10-7-5-6-8-13-25(29)30)28-26(31)21-17-33-24-15-14-18(32-4)16-20(21)24/h5,7,14-17,19,22-23H,6,8-13H2,1-4H3,(H,28,31)(H,29,30)/t19-,22-,23?/m0/s1. The summed E-state index contributed by atoms with van der Waals surface area (Å²) in [5.41, 5.74) is 0.878. The van der Waals surface area contributed by atoms with Gasteiger partial charge in [0.1, 0.15) is 5.75 Å². The van der Waals surface area contributed by atoms with Crippen LogP contribution in [0.3, 0.4) is 0 Å². The number of amides is 1. The highest BCUT2D eigenvalue weighted by Gasteiger charge is 2.39. The number of hydrogen-bond donors (Lipinski definition) is 2. The number of benzene rings is 1. The first-order chi connectivity index (χ1) is 15.7. The van der Waals surface area contributed by atoms with E-state index >= 15 is 0 Å². The van der Waals surface area contributed by atoms with Crippen LogP contribution in [0.4, 0.5) is 0 Å². The molecule has 0 radical (unpaired) electrons. The van der Waals surface area contributed by atoms with Crippen molar-refractivity contribution in [1.82, 2.24) is 5.32 Å². The molecule has 3 rings (SSSR count). The second kappa shape index (κ2) is 11.2. The van der Waals surface area contributed by atoms with Crippen molar-refractivity contribution in [2.24, 2.45) is 17.3 Å². The third-order valence-electron chi connectivity index (χ3n) is 6.85. The van der Waals surface area contributed by atoms with Crippen molar-refractivity contribution in [1.29, 1.82) is 0 Å². The van der Waals surface area contributed by atoms with E-state index in [1.807, 2.05) is 23.6 Å². The van der Waals surface area contributed by atoms with Crippen LogP contribution in [0.5, 0.6) is 5.75 Å². The number of allylic oxidation sites excluding steroid dienone is 2. The van der Waals surface area contributed by atoms with Gasteiger partial charge in [0, 0.05) is 27.9 Å². The highest BCUT2D eigenvalue weighted by atomic mass is 32.1. The Morgan fingerprint density at radius 3 is 2.73 bits per heavy atom. The second-order valence-corrected chi connectivity index (χ2v) is 11.1. The van der Waals surface area contributed by atoms with Crippen molar-refractivity contribution in [3.8, 4) is 5.75 Å². The van der Waals surface area contributed by atoms with E-state index in [0.717, 1.165) is 47.1 Å². The number of carbonyl (C=O) groups is 2. The first kappa shape index (κ1) is 25.3. The minimum atomic E-state index is -0.746. The summed E-state index contributed by atoms with van der Waals surface area (Å²) in [6, 6.07) is 5.99. The summed E-state index contributed by atoms with van der Waals surface area (Å²) in [6.45, 7) is 6.89. The van der Waals surface area contributed by atoms with Crippen molar-refractivity contribution in [2.45, 2.75) is 71.8 Å². The molecule has 1 heterocycles. The molecular weight excluding hydrogens is 434 g/mol. The normalized spacial score (nSPS) is 21.4. The summed E-state index contributed by atoms with van der Waals surface area (Å²) in [5.74, 6) is 0.873. The molecule has 2 aromatic rings. The Hall–Kier alpha value is -2.34. The number of ether oxygens (including phenoxy) is 1. The number of methoxy groups -OCH3 is 1. The lowest BCUT2D eigenvalue weighted by Gasteiger charge is -2.45. The molecule has 1 aromatic heterocycles. The molecule has 0 saturated heterocycles. The minimum Gasteiger partial charge on any atom is -0.497 e. The van der Waals surface area contributed by atoms with E-state index in [0.29, 0.717) is 18.3 Å². The Morgan fingerprint density at radius 2 is 2.03 bits per heavy atom. The van der Waals surface area contributed by atoms with Crippen LogP contribution in [-0.2, 0) is 4.79 Å². The zero-order valence-corrected chi connectivity index (χ0v) is 21.0. The monoisotopic (exact) mass is 471 g/mol. The summed E-state index contributed by atoms with van der Waals surface area (Å²) in [6.07, 6.45) is 10.1. The third-order valence-corrected chi connectivity index (χ3v) is 7.82. The molecule has 3 atom stereocenters. The Morgan fingerprint density at radius 1 is 1.24 bits per heavy atom. The van der Waals surface area contributed by atoms with Gasteiger partial charge in [-0.05, 0) is 67.6 Å². The predicted molar refractivity (Wildman–Crippen MR) is 135 cm³/mol. The van der Waals surface area contributed by atoms with Crippen LogP contribution in [0, 0.1) is 17.3 Å². The number of rotatable bonds is 9. The number of thiophene rings is 1. The maximum absolute atomic E-state index is 13.3. The van der Waals surface area contributed by atoms with Gasteiger partial charge in [-0.1, -0.05) is 39.3 Å². The van der Waals surface area contributed by atoms with Gasteiger partial charge >= 0.3 is 5.97 Å². The quantitative estimate of drug-likeness (QED) is 0.316. The smallest absolute Gasteiger partial charge is 0.303 e. The predicted octanol–water partition coefficient (Wildman–Crippen LogP) is 6.67. The van der Waals surface area contributed by atoms with Crippen LogP contribution < -0.4 is 10.1 Å². The number of unbranched alkanes of at least 4 members (excludes halogenated alkanes) is 1. The molecule has 0 aliphatic heterocycles. The average Bonchev–Trinajstić information content (AvgIpc) is 3.19. The second-order valence-electron chi connectivity index (χ2n) is 10.2. The lowest BCUT2D eigenvalue weighted by Crippen LogP contribution is -2.48. The van der Waals surface area contributed by atoms with E-state index in [2.05, 4.69) is 38.2 Å². The molecule has 1 aromatic carbocycles. The van der Waals surface area contributed by atoms with Gasteiger partial charge in [-0.25, -0.2) is 0 Å². The molecule has 1 unspecified atom stereocenters. The van der Waals surface area contributed by atoms with Gasteiger partial charge in [0.2, 0.25) is 0 Å². The number of fused-ring (bicyclic) bond motifs is 1. The van der Waals surface area contributed by atoms with Crippen LogP contribution in [0.1, 0.15) is 76.1 Å². The van der Waals surface area contributed by atoms with Crippen LogP contribution in [0.25, 0.3) is 10.1 Å². The van der Waals surface area contributed by atoms with E-state index in [1.165, 1.54) is 6.42 Å². The number of carboxylic acid groups (broad SMARTS) is 1. The first-order valence-electron chi connectivity index (χ1n) is 11.9. The Labute approximate surface area is 201 Å². The fraction of sp³-hybridized carbons (Fsp3) is 0.556. The molecule has 1 saturated carbocycles. The van der Waals surface area contributed by atoms with Crippen LogP contribution in [0.2, 0.25) is 0 Å². The zero-order chi connectivity index (χ0) is 24.0. The zero-order valence-electron chi connectivity index (χ0n) is 20.2. The Bertz CT molecular complexity index is 988. The Balaban J connectivity index is 1.75. The summed E-state index contributed by atoms with van der Waals surface area (Å²) in [5, 5.41) is 15.1. The van der Waals surface area contributed by atoms with E-state index in [1.54, 1.807) is 18.4 Å². The summed E-state index contributed by atoms with van der Waals surface area (Å²) in [7, 11) is 1.64. The first-order valence-corrected chi connectivity index (χ1v) is 12.8. The fourth-order valence-electron chi connectivity index (χ4n) is 5.15. The molecule has 0 bridgehead atoms. The lowest BCUT2D eigenvalue weighted by atomic mass is 9.63. The van der Waals surface area contributed by atoms with Gasteiger partial charge in [0.15, 0.2) is 0 Å². The maximum Gasteiger partial charge on any atom is 0.303 e. The molecule has 33 heavy (non-hydrogen) atoms. The van der Waals surface area contributed by atoms with Crippen molar-refractivity contribution >= 4 is 33.3 Å². The molecular formula is C27H37NO4S. The lowest BCUT2D eigenvalue weighted by molar-refractivity contribution is -0.137. The van der Waals surface area contributed by atoms with Crippen LogP contribution in [-0.4, -0.2) is 30.1 Å². The molecule has 2 N–H and O–H groups in total. The van der Waals surface area contributed by atoms with Gasteiger partial charge in [0.25, 0.3) is 5.91 Å². The van der Waals surface area contributed by atoms with Crippen LogP contribution >= 0.6 is 11.3 Å². The number of carbonyl (C=O) groups excluding carboxylic acids is 1. The number of carboxylic acids is 1. The van der Waals surface area contributed by atoms with Gasteiger partial charge in [-0.2, -0.15) is 0 Å². The summed E-state index contributed by atoms with van der Waals surface area (Å²) in [4.78, 5) is 24.1. The summed E-state index contributed by atoms with van der Waals surface area (Å²) < 4.78 is 6.44. The number of aliphatic carboxylic acids is 1. The minimum absolute atomic E-state index is 0.00972. The molecule has 1 aliphatic rings. The Kier molecular flexibility index (Phi) is 8.57. The van der Waals surface area contributed by atoms with Gasteiger partial charge in [-0.3, -0.25) is 9.59 Å². The van der Waals surface area contributed by atoms with Gasteiger partial charge in [-0.15, -0.1) is 11.3 Å². The van der Waals surface area contributed by atoms with Crippen molar-refractivity contribution in [3.63, 3.8) is 0 Å². The fourth-order valence-corrected chi connectivity index (χ4v) is 6.07. The van der Waals surface area contributed by atoms with Gasteiger partial charge < -0.3 is 15.2 Å². The van der Waals surface area contributed by atoms with Crippen molar-refractivity contribution < 1.29 is 19.4 Å². The molecule has 180 valence electrons. The summed E-state index contributed by atoms with van der Waals surface area (Å²) >= 11 is 1.58. The number of hydrogen-bond acceptors (Lipinski definition) is 4. The SMILES string of the molecule is COc1ccc2scc(C(=O)NC3CCC[C@H](C(C)(C)C)[C@@H]3CC=CCCCC(=O)O)c2c1. The van der Waals surface area contributed by atoms with E-state index in [4.69, 9.17) is 9.84 Å². The van der Waals surface area contributed by atoms with E-state index in [9.17, 15) is 9.59 Å². The highest BCUT2D eigenvalue weighted by Crippen LogP contribution is 2.44. The van der Waals surface area contributed by atoms with Crippen LogP contribution in [0.15, 0.2) is 35.7 Å². The molecule has 1 fully saturated rings.